The van der Waals surface area contributed by atoms with E-state index in [1.165, 1.54) is 26.0 Å². The van der Waals surface area contributed by atoms with Crippen LogP contribution in [0.2, 0.25) is 0 Å². The number of hydrogen-bond donors (Lipinski definition) is 4. The predicted molar refractivity (Wildman–Crippen MR) is 99.6 cm³/mol. The minimum Gasteiger partial charge on any atom is -0.507 e. The first-order valence-electron chi connectivity index (χ1n) is 8.99. The minimum absolute atomic E-state index is 0.0324. The van der Waals surface area contributed by atoms with Gasteiger partial charge in [-0.1, -0.05) is 0 Å². The number of hydrogen-bond acceptors (Lipinski definition) is 7. The van der Waals surface area contributed by atoms with E-state index in [2.05, 4.69) is 0 Å². The Labute approximate surface area is 164 Å². The molecule has 0 saturated heterocycles. The molecule has 7 heteroatoms. The molecule has 0 radical (unpaired) electrons. The molecule has 0 aliphatic heterocycles. The van der Waals surface area contributed by atoms with E-state index in [9.17, 15) is 34.8 Å². The van der Waals surface area contributed by atoms with Gasteiger partial charge in [0.15, 0.2) is 11.6 Å². The SMILES string of the molecule is Cc1cc(O)c2c3c1C(=O)C=C1C(C)(C)C(=O)c4c(O)cc(O)c(c4[C@]13O)C2=O. The van der Waals surface area contributed by atoms with Crippen molar-refractivity contribution in [1.82, 2.24) is 0 Å². The van der Waals surface area contributed by atoms with Crippen molar-refractivity contribution in [1.29, 1.82) is 0 Å². The number of phenols is 3. The van der Waals surface area contributed by atoms with Crippen LogP contribution in [0.15, 0.2) is 23.8 Å². The average Bonchev–Trinajstić information content (AvgIpc) is 2.60. The van der Waals surface area contributed by atoms with Gasteiger partial charge in [-0.05, 0) is 44.1 Å². The van der Waals surface area contributed by atoms with Gasteiger partial charge in [0.25, 0.3) is 0 Å². The second-order valence-electron chi connectivity index (χ2n) is 8.29. The Morgan fingerprint density at radius 3 is 1.93 bits per heavy atom. The molecule has 0 amide bonds. The van der Waals surface area contributed by atoms with Crippen LogP contribution in [0.1, 0.15) is 67.2 Å². The first-order chi connectivity index (χ1) is 13.4. The number of carbonyl (C=O) groups is 3. The topological polar surface area (TPSA) is 132 Å². The Bertz CT molecular complexity index is 1280. The molecular weight excluding hydrogens is 376 g/mol. The summed E-state index contributed by atoms with van der Waals surface area (Å²) in [7, 11) is 0. The van der Waals surface area contributed by atoms with Crippen LogP contribution >= 0.6 is 0 Å². The number of ketones is 3. The number of allylic oxidation sites excluding steroid dienone is 1. The minimum atomic E-state index is -2.14. The number of aromatic hydroxyl groups is 3. The van der Waals surface area contributed by atoms with Crippen molar-refractivity contribution in [3.63, 3.8) is 0 Å². The maximum Gasteiger partial charge on any atom is 0.201 e. The van der Waals surface area contributed by atoms with E-state index in [4.69, 9.17) is 0 Å². The zero-order valence-corrected chi connectivity index (χ0v) is 15.7. The fraction of sp³-hybridized carbons (Fsp3) is 0.227. The lowest BCUT2D eigenvalue weighted by molar-refractivity contribution is 0.0562. The van der Waals surface area contributed by atoms with Crippen molar-refractivity contribution in [2.75, 3.05) is 0 Å². The summed E-state index contributed by atoms with van der Waals surface area (Å²) >= 11 is 0. The summed E-state index contributed by atoms with van der Waals surface area (Å²) < 4.78 is 0. The van der Waals surface area contributed by atoms with Gasteiger partial charge in [0.1, 0.15) is 22.8 Å². The van der Waals surface area contributed by atoms with Crippen molar-refractivity contribution in [2.24, 2.45) is 5.41 Å². The van der Waals surface area contributed by atoms with Gasteiger partial charge in [0, 0.05) is 22.8 Å². The summed E-state index contributed by atoms with van der Waals surface area (Å²) in [6.07, 6.45) is 1.18. The lowest BCUT2D eigenvalue weighted by atomic mass is 9.53. The van der Waals surface area contributed by atoms with Crippen LogP contribution in [0.25, 0.3) is 0 Å². The van der Waals surface area contributed by atoms with Crippen LogP contribution in [-0.4, -0.2) is 37.8 Å². The smallest absolute Gasteiger partial charge is 0.201 e. The summed E-state index contributed by atoms with van der Waals surface area (Å²) in [6.45, 7) is 4.59. The molecule has 0 unspecified atom stereocenters. The van der Waals surface area contributed by atoms with Gasteiger partial charge in [-0.3, -0.25) is 14.4 Å². The third kappa shape index (κ3) is 1.67. The number of carbonyl (C=O) groups excluding carboxylic acids is 3. The normalized spacial score (nSPS) is 23.0. The van der Waals surface area contributed by atoms with E-state index in [0.29, 0.717) is 5.56 Å². The maximum absolute atomic E-state index is 13.3. The molecule has 146 valence electrons. The molecule has 0 bridgehead atoms. The number of phenolic OH excluding ortho intramolecular Hbond substituents is 3. The van der Waals surface area contributed by atoms with E-state index in [1.807, 2.05) is 0 Å². The van der Waals surface area contributed by atoms with Gasteiger partial charge in [-0.25, -0.2) is 0 Å². The fourth-order valence-corrected chi connectivity index (χ4v) is 5.08. The molecule has 1 atom stereocenters. The largest absolute Gasteiger partial charge is 0.507 e. The maximum atomic E-state index is 13.3. The summed E-state index contributed by atoms with van der Waals surface area (Å²) in [6, 6.07) is 2.14. The molecule has 29 heavy (non-hydrogen) atoms. The number of aryl methyl sites for hydroxylation is 1. The molecule has 3 aliphatic rings. The highest BCUT2D eigenvalue weighted by Gasteiger charge is 2.61. The second-order valence-corrected chi connectivity index (χ2v) is 8.29. The standard InChI is InChI=1S/C22H16O7/c1-7-4-8(23)14-17-13(7)11(26)6-12-21(2,3)20(28)16-10(25)5-9(24)15(19(14)27)18(16)22(12,17)29/h4-6,23-25,29H,1-3H3/t22-/m0/s1. The third-order valence-corrected chi connectivity index (χ3v) is 6.35. The van der Waals surface area contributed by atoms with Crippen LogP contribution in [0.5, 0.6) is 17.2 Å². The first kappa shape index (κ1) is 17.6. The van der Waals surface area contributed by atoms with Gasteiger partial charge in [0.05, 0.1) is 22.1 Å². The Balaban J connectivity index is 2.13. The highest BCUT2D eigenvalue weighted by molar-refractivity contribution is 6.24. The van der Waals surface area contributed by atoms with Crippen molar-refractivity contribution in [3.05, 3.63) is 62.7 Å². The van der Waals surface area contributed by atoms with Gasteiger partial charge in [0.2, 0.25) is 5.78 Å². The van der Waals surface area contributed by atoms with Crippen LogP contribution in [-0.2, 0) is 5.60 Å². The summed E-state index contributed by atoms with van der Waals surface area (Å²) in [5.41, 5.74) is -4.39. The first-order valence-corrected chi connectivity index (χ1v) is 8.99. The molecule has 0 aromatic heterocycles. The van der Waals surface area contributed by atoms with E-state index >= 15 is 0 Å². The monoisotopic (exact) mass is 392 g/mol. The van der Waals surface area contributed by atoms with E-state index in [-0.39, 0.29) is 39.0 Å². The zero-order chi connectivity index (χ0) is 21.2. The van der Waals surface area contributed by atoms with Crippen molar-refractivity contribution in [3.8, 4) is 17.2 Å². The molecule has 5 rings (SSSR count). The van der Waals surface area contributed by atoms with Crippen molar-refractivity contribution < 1.29 is 34.8 Å². The van der Waals surface area contributed by atoms with Gasteiger partial charge in [-0.2, -0.15) is 0 Å². The molecule has 0 fully saturated rings. The van der Waals surface area contributed by atoms with Crippen molar-refractivity contribution >= 4 is 17.3 Å². The van der Waals surface area contributed by atoms with Gasteiger partial charge in [-0.15, -0.1) is 0 Å². The molecule has 2 aromatic rings. The quantitative estimate of drug-likeness (QED) is 0.540. The summed E-state index contributed by atoms with van der Waals surface area (Å²) in [4.78, 5) is 39.4. The van der Waals surface area contributed by atoms with Gasteiger partial charge >= 0.3 is 0 Å². The molecule has 0 saturated carbocycles. The highest BCUT2D eigenvalue weighted by Crippen LogP contribution is 2.61. The number of benzene rings is 2. The summed E-state index contributed by atoms with van der Waals surface area (Å²) in [5, 5.41) is 43.5. The Morgan fingerprint density at radius 1 is 0.793 bits per heavy atom. The highest BCUT2D eigenvalue weighted by atomic mass is 16.3. The molecule has 2 aromatic carbocycles. The molecule has 7 nitrogen and oxygen atoms in total. The zero-order valence-electron chi connectivity index (χ0n) is 15.7. The molecule has 3 aliphatic carbocycles. The van der Waals surface area contributed by atoms with Crippen LogP contribution < -0.4 is 0 Å². The summed E-state index contributed by atoms with van der Waals surface area (Å²) in [5.74, 6) is -3.56. The Kier molecular flexibility index (Phi) is 2.89. The third-order valence-electron chi connectivity index (χ3n) is 6.35. The van der Waals surface area contributed by atoms with E-state index < -0.39 is 45.6 Å². The van der Waals surface area contributed by atoms with Crippen LogP contribution in [0.3, 0.4) is 0 Å². The second kappa shape index (κ2) is 4.75. The molecule has 0 heterocycles. The van der Waals surface area contributed by atoms with Gasteiger partial charge < -0.3 is 20.4 Å². The molecule has 4 N–H and O–H groups in total. The average molecular weight is 392 g/mol. The molecule has 0 spiro atoms. The number of rotatable bonds is 0. The number of aliphatic hydroxyl groups is 1. The van der Waals surface area contributed by atoms with Crippen LogP contribution in [0, 0.1) is 12.3 Å². The van der Waals surface area contributed by atoms with Crippen LogP contribution in [0.4, 0.5) is 0 Å². The van der Waals surface area contributed by atoms with E-state index in [1.54, 1.807) is 6.92 Å². The number of Topliss-reactive ketones (excluding diaryl/α,β-unsaturated/α-hetero) is 1. The predicted octanol–water partition coefficient (Wildman–Crippen LogP) is 2.24. The molecular formula is C22H16O7. The van der Waals surface area contributed by atoms with Crippen molar-refractivity contribution in [2.45, 2.75) is 26.4 Å². The Hall–Kier alpha value is -3.45. The fourth-order valence-electron chi connectivity index (χ4n) is 5.08. The lowest BCUT2D eigenvalue weighted by Crippen LogP contribution is -2.52. The Morgan fingerprint density at radius 2 is 1.31 bits per heavy atom. The van der Waals surface area contributed by atoms with E-state index in [0.717, 1.165) is 6.07 Å². The lowest BCUT2D eigenvalue weighted by Gasteiger charge is -2.50.